The zero-order valence-corrected chi connectivity index (χ0v) is 16.3. The van der Waals surface area contributed by atoms with Crippen molar-refractivity contribution in [2.75, 3.05) is 24.3 Å². The fraction of sp³-hybridized carbons (Fsp3) is 0.389. The van der Waals surface area contributed by atoms with Crippen molar-refractivity contribution in [3.63, 3.8) is 0 Å². The van der Waals surface area contributed by atoms with E-state index in [0.29, 0.717) is 5.69 Å². The molecule has 1 N–H and O–H groups in total. The van der Waals surface area contributed by atoms with E-state index in [2.05, 4.69) is 10.3 Å². The molecule has 0 aliphatic carbocycles. The van der Waals surface area contributed by atoms with Crippen LogP contribution in [-0.4, -0.2) is 35.9 Å². The van der Waals surface area contributed by atoms with Gasteiger partial charge in [0.15, 0.2) is 0 Å². The minimum atomic E-state index is -0.222. The van der Waals surface area contributed by atoms with Crippen LogP contribution in [0, 0.1) is 13.8 Å². The Morgan fingerprint density at radius 1 is 1.24 bits per heavy atom. The molecule has 0 bridgehead atoms. The number of urea groups is 1. The van der Waals surface area contributed by atoms with Crippen LogP contribution >= 0.6 is 11.3 Å². The molecular weight excluding hydrogens is 336 g/mol. The van der Waals surface area contributed by atoms with E-state index in [1.165, 1.54) is 11.8 Å². The summed E-state index contributed by atoms with van der Waals surface area (Å²) in [7, 11) is 3.45. The molecule has 6 nitrogen and oxygen atoms in total. The number of nitrogens with one attached hydrogen (secondary N) is 1. The molecule has 25 heavy (non-hydrogen) atoms. The monoisotopic (exact) mass is 360 g/mol. The van der Waals surface area contributed by atoms with Crippen molar-refractivity contribution in [2.24, 2.45) is 0 Å². The predicted octanol–water partition coefficient (Wildman–Crippen LogP) is 3.97. The van der Waals surface area contributed by atoms with E-state index in [4.69, 9.17) is 0 Å². The van der Waals surface area contributed by atoms with Crippen molar-refractivity contribution in [1.82, 2.24) is 9.88 Å². The van der Waals surface area contributed by atoms with Crippen molar-refractivity contribution >= 4 is 34.6 Å². The molecule has 0 saturated carbocycles. The third kappa shape index (κ3) is 4.36. The number of hydrogen-bond acceptors (Lipinski definition) is 4. The first-order chi connectivity index (χ1) is 11.7. The number of thiazole rings is 1. The van der Waals surface area contributed by atoms with E-state index < -0.39 is 0 Å². The number of carbonyl (C=O) groups is 2. The van der Waals surface area contributed by atoms with Gasteiger partial charge in [0.25, 0.3) is 0 Å². The molecular formula is C18H24N4O2S. The molecule has 1 atom stereocenters. The van der Waals surface area contributed by atoms with Gasteiger partial charge in [-0.05, 0) is 39.0 Å². The second-order valence-corrected chi connectivity index (χ2v) is 7.43. The quantitative estimate of drug-likeness (QED) is 0.897. The topological polar surface area (TPSA) is 65.5 Å². The van der Waals surface area contributed by atoms with E-state index in [1.807, 2.05) is 32.9 Å². The first-order valence-electron chi connectivity index (χ1n) is 8.02. The molecule has 7 heteroatoms. The van der Waals surface area contributed by atoms with Gasteiger partial charge in [0, 0.05) is 37.3 Å². The Hall–Kier alpha value is -2.41. The minimum absolute atomic E-state index is 0.0661. The smallest absolute Gasteiger partial charge is 0.319 e. The molecule has 134 valence electrons. The van der Waals surface area contributed by atoms with Gasteiger partial charge in [-0.2, -0.15) is 0 Å². The second-order valence-electron chi connectivity index (χ2n) is 6.02. The van der Waals surface area contributed by atoms with Crippen molar-refractivity contribution in [3.8, 4) is 0 Å². The lowest BCUT2D eigenvalue weighted by Crippen LogP contribution is -2.34. The Bertz CT molecular complexity index is 787. The Kier molecular flexibility index (Phi) is 5.79. The summed E-state index contributed by atoms with van der Waals surface area (Å²) in [4.78, 5) is 32.9. The van der Waals surface area contributed by atoms with E-state index in [0.717, 1.165) is 21.3 Å². The summed E-state index contributed by atoms with van der Waals surface area (Å²) in [5.74, 6) is -0.0661. The molecule has 0 aliphatic rings. The maximum atomic E-state index is 12.6. The normalized spacial score (nSPS) is 11.8. The summed E-state index contributed by atoms with van der Waals surface area (Å²) in [5.41, 5.74) is 2.29. The molecule has 0 aliphatic heterocycles. The second kappa shape index (κ2) is 7.65. The molecule has 1 aromatic heterocycles. The number of hydrogen-bond donors (Lipinski definition) is 1. The number of aryl methyl sites for hydroxylation is 2. The molecule has 1 heterocycles. The first-order valence-corrected chi connectivity index (χ1v) is 8.84. The fourth-order valence-electron chi connectivity index (χ4n) is 2.48. The summed E-state index contributed by atoms with van der Waals surface area (Å²) in [6.45, 7) is 7.44. The van der Waals surface area contributed by atoms with Crippen LogP contribution < -0.4 is 10.2 Å². The van der Waals surface area contributed by atoms with E-state index in [1.54, 1.807) is 42.5 Å². The van der Waals surface area contributed by atoms with Crippen LogP contribution in [0.1, 0.15) is 35.5 Å². The highest BCUT2D eigenvalue weighted by Gasteiger charge is 2.22. The summed E-state index contributed by atoms with van der Waals surface area (Å²) in [5, 5.41) is 3.87. The predicted molar refractivity (Wildman–Crippen MR) is 102 cm³/mol. The number of benzene rings is 1. The van der Waals surface area contributed by atoms with Crippen LogP contribution in [-0.2, 0) is 4.79 Å². The summed E-state index contributed by atoms with van der Waals surface area (Å²) < 4.78 is 0. The molecule has 2 aromatic rings. The Morgan fingerprint density at radius 2 is 1.92 bits per heavy atom. The van der Waals surface area contributed by atoms with Crippen LogP contribution in [0.5, 0.6) is 0 Å². The van der Waals surface area contributed by atoms with Gasteiger partial charge >= 0.3 is 6.03 Å². The zero-order chi connectivity index (χ0) is 18.7. The highest BCUT2D eigenvalue weighted by atomic mass is 32.1. The lowest BCUT2D eigenvalue weighted by Gasteiger charge is -2.25. The maximum absolute atomic E-state index is 12.6. The van der Waals surface area contributed by atoms with Crippen molar-refractivity contribution in [2.45, 2.75) is 33.7 Å². The lowest BCUT2D eigenvalue weighted by molar-refractivity contribution is -0.116. The Morgan fingerprint density at radius 3 is 2.48 bits per heavy atom. The zero-order valence-electron chi connectivity index (χ0n) is 15.5. The summed E-state index contributed by atoms with van der Waals surface area (Å²) in [6, 6.07) is 6.85. The number of anilines is 2. The Balaban J connectivity index is 2.12. The average Bonchev–Trinajstić information content (AvgIpc) is 2.91. The minimum Gasteiger partial charge on any atom is -0.319 e. The van der Waals surface area contributed by atoms with Crippen LogP contribution in [0.25, 0.3) is 0 Å². The largest absolute Gasteiger partial charge is 0.322 e. The molecule has 0 radical (unpaired) electrons. The summed E-state index contributed by atoms with van der Waals surface area (Å²) in [6.07, 6.45) is 0. The number of nitrogens with zero attached hydrogens (tertiary/aromatic N) is 3. The fourth-order valence-corrected chi connectivity index (χ4v) is 3.39. The van der Waals surface area contributed by atoms with E-state index in [9.17, 15) is 9.59 Å². The van der Waals surface area contributed by atoms with Gasteiger partial charge in [0.05, 0.1) is 16.7 Å². The molecule has 2 rings (SSSR count). The molecule has 3 amide bonds. The van der Waals surface area contributed by atoms with Crippen molar-refractivity contribution < 1.29 is 9.59 Å². The SMILES string of the molecule is CC(=O)N(C)c1cccc(NC(=O)N(C)[C@H](C)c2nc(C)sc2C)c1. The third-order valence-corrected chi connectivity index (χ3v) is 5.10. The lowest BCUT2D eigenvalue weighted by atomic mass is 10.2. The van der Waals surface area contributed by atoms with E-state index >= 15 is 0 Å². The maximum Gasteiger partial charge on any atom is 0.322 e. The van der Waals surface area contributed by atoms with Crippen LogP contribution in [0.3, 0.4) is 0 Å². The van der Waals surface area contributed by atoms with Gasteiger partial charge in [0.2, 0.25) is 5.91 Å². The molecule has 0 saturated heterocycles. The number of aromatic nitrogens is 1. The Labute approximate surface area is 152 Å². The number of carbonyl (C=O) groups excluding carboxylic acids is 2. The van der Waals surface area contributed by atoms with Gasteiger partial charge < -0.3 is 15.1 Å². The summed E-state index contributed by atoms with van der Waals surface area (Å²) >= 11 is 1.63. The van der Waals surface area contributed by atoms with Gasteiger partial charge in [-0.25, -0.2) is 9.78 Å². The van der Waals surface area contributed by atoms with Gasteiger partial charge in [-0.1, -0.05) is 6.07 Å². The van der Waals surface area contributed by atoms with Crippen LogP contribution in [0.2, 0.25) is 0 Å². The standard InChI is InChI=1S/C18H24N4O2S/c1-11(17-12(2)25-13(3)19-17)21(5)18(24)20-15-8-7-9-16(10-15)22(6)14(4)23/h7-11H,1-6H3,(H,20,24)/t11-/m1/s1. The number of rotatable bonds is 4. The van der Waals surface area contributed by atoms with Crippen LogP contribution in [0.15, 0.2) is 24.3 Å². The van der Waals surface area contributed by atoms with Crippen LogP contribution in [0.4, 0.5) is 16.2 Å². The van der Waals surface area contributed by atoms with Gasteiger partial charge in [-0.3, -0.25) is 4.79 Å². The molecule has 0 fully saturated rings. The molecule has 1 aromatic carbocycles. The molecule has 0 spiro atoms. The third-order valence-electron chi connectivity index (χ3n) is 4.19. The van der Waals surface area contributed by atoms with Crippen molar-refractivity contribution in [1.29, 1.82) is 0 Å². The van der Waals surface area contributed by atoms with E-state index in [-0.39, 0.29) is 18.0 Å². The van der Waals surface area contributed by atoms with Gasteiger partial charge in [0.1, 0.15) is 0 Å². The van der Waals surface area contributed by atoms with Gasteiger partial charge in [-0.15, -0.1) is 11.3 Å². The highest BCUT2D eigenvalue weighted by molar-refractivity contribution is 7.11. The molecule has 0 unspecified atom stereocenters. The average molecular weight is 360 g/mol. The first kappa shape index (κ1) is 18.9. The highest BCUT2D eigenvalue weighted by Crippen LogP contribution is 2.27. The van der Waals surface area contributed by atoms with Crippen molar-refractivity contribution in [3.05, 3.63) is 39.8 Å². The number of amides is 3.